The zero-order valence-corrected chi connectivity index (χ0v) is 16.1. The Morgan fingerprint density at radius 2 is 2.18 bits per heavy atom. The van der Waals surface area contributed by atoms with E-state index in [4.69, 9.17) is 25.2 Å². The van der Waals surface area contributed by atoms with Crippen molar-refractivity contribution in [3.8, 4) is 35.2 Å². The summed E-state index contributed by atoms with van der Waals surface area (Å²) in [7, 11) is 0. The van der Waals surface area contributed by atoms with E-state index in [1.807, 2.05) is 18.2 Å². The summed E-state index contributed by atoms with van der Waals surface area (Å²) in [5, 5.41) is 17.5. The molecule has 2 N–H and O–H groups in total. The summed E-state index contributed by atoms with van der Waals surface area (Å²) in [6, 6.07) is 5.32. The number of fused-ring (bicyclic) bond motifs is 1. The van der Waals surface area contributed by atoms with Gasteiger partial charge >= 0.3 is 0 Å². The third-order valence-corrected chi connectivity index (χ3v) is 4.62. The van der Waals surface area contributed by atoms with E-state index in [0.29, 0.717) is 29.8 Å². The Balaban J connectivity index is 1.69. The second kappa shape index (κ2) is 9.55. The topological polar surface area (TPSA) is 98.9 Å². The van der Waals surface area contributed by atoms with Crippen molar-refractivity contribution in [3.63, 3.8) is 0 Å². The minimum atomic E-state index is -0.684. The number of aliphatic hydroxyl groups is 1. The molecule has 0 unspecified atom stereocenters. The summed E-state index contributed by atoms with van der Waals surface area (Å²) in [4.78, 5) is 4.55. The maximum atomic E-state index is 10.1. The number of nitrogens with one attached hydrogen (secondary N) is 1. The Hall–Kier alpha value is -2.60. The third-order valence-electron chi connectivity index (χ3n) is 4.62. The molecule has 0 bridgehead atoms. The quantitative estimate of drug-likeness (QED) is 0.473. The Kier molecular flexibility index (Phi) is 6.87. The molecule has 0 radical (unpaired) electrons. The van der Waals surface area contributed by atoms with Crippen LogP contribution in [0.1, 0.15) is 32.2 Å². The molecule has 8 heteroatoms. The molecule has 2 heterocycles. The average molecular weight is 387 g/mol. The van der Waals surface area contributed by atoms with Crippen LogP contribution in [0.25, 0.3) is 11.4 Å². The van der Waals surface area contributed by atoms with Gasteiger partial charge in [0, 0.05) is 12.1 Å². The van der Waals surface area contributed by atoms with Crippen molar-refractivity contribution in [1.29, 1.82) is 0 Å². The van der Waals surface area contributed by atoms with E-state index in [0.717, 1.165) is 12.0 Å². The van der Waals surface area contributed by atoms with E-state index in [2.05, 4.69) is 35.2 Å². The molecule has 28 heavy (non-hydrogen) atoms. The molecule has 1 aliphatic heterocycles. The van der Waals surface area contributed by atoms with Crippen molar-refractivity contribution in [2.75, 3.05) is 26.6 Å². The second-order valence-corrected chi connectivity index (χ2v) is 6.67. The van der Waals surface area contributed by atoms with Crippen LogP contribution in [0.2, 0.25) is 0 Å². The minimum absolute atomic E-state index is 0.163. The molecule has 150 valence electrons. The molecule has 1 aromatic heterocycles. The number of hydrogen-bond donors (Lipinski definition) is 2. The number of rotatable bonds is 10. The number of aromatic nitrogens is 2. The van der Waals surface area contributed by atoms with Crippen LogP contribution in [0.5, 0.6) is 11.5 Å². The monoisotopic (exact) mass is 387 g/mol. The lowest BCUT2D eigenvalue weighted by molar-refractivity contribution is 0.0476. The molecule has 0 saturated carbocycles. The van der Waals surface area contributed by atoms with Crippen molar-refractivity contribution in [1.82, 2.24) is 15.5 Å². The predicted molar refractivity (Wildman–Crippen MR) is 102 cm³/mol. The van der Waals surface area contributed by atoms with Gasteiger partial charge in [-0.1, -0.05) is 31.3 Å². The number of nitrogens with zero attached hydrogens (tertiary/aromatic N) is 2. The largest absolute Gasteiger partial charge is 0.454 e. The van der Waals surface area contributed by atoms with Gasteiger partial charge in [-0.15, -0.1) is 6.42 Å². The number of benzene rings is 1. The van der Waals surface area contributed by atoms with Gasteiger partial charge in [0.05, 0.1) is 18.8 Å². The van der Waals surface area contributed by atoms with Gasteiger partial charge in [-0.25, -0.2) is 0 Å². The molecule has 2 aromatic rings. The maximum absolute atomic E-state index is 10.1. The van der Waals surface area contributed by atoms with Crippen molar-refractivity contribution in [3.05, 3.63) is 24.1 Å². The Morgan fingerprint density at radius 3 is 2.96 bits per heavy atom. The van der Waals surface area contributed by atoms with E-state index in [1.54, 1.807) is 0 Å². The standard InChI is InChI=1S/C20H25N3O5/c1-4-8-25-11-15(24)10-21-18(13(3)5-2)20-22-19(23-28-20)14-6-7-16-17(9-14)27-12-26-16/h1,6-7,9,13,15,18,21,24H,5,8,10-12H2,2-3H3/t13-,15-,18-/m1/s1. The van der Waals surface area contributed by atoms with Crippen LogP contribution in [0, 0.1) is 18.3 Å². The van der Waals surface area contributed by atoms with Crippen molar-refractivity contribution >= 4 is 0 Å². The van der Waals surface area contributed by atoms with Gasteiger partial charge in [-0.05, 0) is 24.1 Å². The summed E-state index contributed by atoms with van der Waals surface area (Å²) in [5.41, 5.74) is 0.782. The van der Waals surface area contributed by atoms with Crippen molar-refractivity contribution in [2.45, 2.75) is 32.4 Å². The fourth-order valence-electron chi connectivity index (χ4n) is 2.86. The fraction of sp³-hybridized carbons (Fsp3) is 0.500. The highest BCUT2D eigenvalue weighted by Crippen LogP contribution is 2.35. The van der Waals surface area contributed by atoms with Gasteiger partial charge < -0.3 is 29.2 Å². The highest BCUT2D eigenvalue weighted by molar-refractivity contribution is 5.61. The van der Waals surface area contributed by atoms with Crippen molar-refractivity contribution in [2.24, 2.45) is 5.92 Å². The van der Waals surface area contributed by atoms with Crippen LogP contribution in [-0.4, -0.2) is 47.9 Å². The Morgan fingerprint density at radius 1 is 1.36 bits per heavy atom. The highest BCUT2D eigenvalue weighted by atomic mass is 16.7. The first-order valence-corrected chi connectivity index (χ1v) is 9.28. The molecule has 0 amide bonds. The summed E-state index contributed by atoms with van der Waals surface area (Å²) < 4.78 is 21.4. The van der Waals surface area contributed by atoms with Crippen LogP contribution in [0.15, 0.2) is 22.7 Å². The van der Waals surface area contributed by atoms with E-state index in [9.17, 15) is 5.11 Å². The van der Waals surface area contributed by atoms with Gasteiger partial charge in [0.2, 0.25) is 18.5 Å². The summed E-state index contributed by atoms with van der Waals surface area (Å²) in [6.07, 6.45) is 5.36. The molecule has 0 aliphatic carbocycles. The second-order valence-electron chi connectivity index (χ2n) is 6.67. The Bertz CT molecular complexity index is 816. The van der Waals surface area contributed by atoms with E-state index in [1.165, 1.54) is 0 Å². The first kappa shape index (κ1) is 20.1. The fourth-order valence-corrected chi connectivity index (χ4v) is 2.86. The minimum Gasteiger partial charge on any atom is -0.454 e. The Labute approximate surface area is 164 Å². The average Bonchev–Trinajstić information content (AvgIpc) is 3.37. The number of aliphatic hydroxyl groups excluding tert-OH is 1. The normalized spacial score (nSPS) is 15.8. The van der Waals surface area contributed by atoms with Gasteiger partial charge in [0.15, 0.2) is 11.5 Å². The lowest BCUT2D eigenvalue weighted by Crippen LogP contribution is -2.35. The zero-order chi connectivity index (χ0) is 19.9. The number of hydrogen-bond acceptors (Lipinski definition) is 8. The number of terminal acetylenes is 1. The van der Waals surface area contributed by atoms with Crippen molar-refractivity contribution < 1.29 is 23.8 Å². The molecule has 0 spiro atoms. The smallest absolute Gasteiger partial charge is 0.244 e. The van der Waals surface area contributed by atoms with Crippen LogP contribution in [-0.2, 0) is 4.74 Å². The molecule has 0 fully saturated rings. The first-order chi connectivity index (χ1) is 13.6. The lowest BCUT2D eigenvalue weighted by atomic mass is 9.99. The zero-order valence-electron chi connectivity index (χ0n) is 16.1. The molecular weight excluding hydrogens is 362 g/mol. The lowest BCUT2D eigenvalue weighted by Gasteiger charge is -2.22. The SMILES string of the molecule is C#CCOC[C@H](O)CN[C@@H](c1nc(-c2ccc3c(c2)OCO3)no1)[C@H](C)CC. The molecule has 0 saturated heterocycles. The number of ether oxygens (including phenoxy) is 3. The predicted octanol–water partition coefficient (Wildman–Crippen LogP) is 2.15. The summed E-state index contributed by atoms with van der Waals surface area (Å²) in [6.45, 7) is 5.04. The summed E-state index contributed by atoms with van der Waals surface area (Å²) in [5.74, 6) is 4.91. The highest BCUT2D eigenvalue weighted by Gasteiger charge is 2.25. The molecule has 3 rings (SSSR count). The van der Waals surface area contributed by atoms with Crippen LogP contribution < -0.4 is 14.8 Å². The molecule has 1 aliphatic rings. The van der Waals surface area contributed by atoms with E-state index < -0.39 is 6.10 Å². The van der Waals surface area contributed by atoms with Gasteiger partial charge in [0.1, 0.15) is 6.61 Å². The van der Waals surface area contributed by atoms with Gasteiger partial charge in [-0.3, -0.25) is 0 Å². The van der Waals surface area contributed by atoms with E-state index >= 15 is 0 Å². The van der Waals surface area contributed by atoms with Gasteiger partial charge in [0.25, 0.3) is 0 Å². The van der Waals surface area contributed by atoms with Crippen LogP contribution >= 0.6 is 0 Å². The summed E-state index contributed by atoms with van der Waals surface area (Å²) >= 11 is 0. The van der Waals surface area contributed by atoms with E-state index in [-0.39, 0.29) is 32.0 Å². The van der Waals surface area contributed by atoms with Crippen LogP contribution in [0.4, 0.5) is 0 Å². The molecular formula is C20H25N3O5. The maximum Gasteiger partial charge on any atom is 0.244 e. The molecule has 1 aromatic carbocycles. The van der Waals surface area contributed by atoms with Crippen LogP contribution in [0.3, 0.4) is 0 Å². The molecule has 3 atom stereocenters. The third kappa shape index (κ3) is 4.81. The van der Waals surface area contributed by atoms with Gasteiger partial charge in [-0.2, -0.15) is 4.98 Å². The molecule has 8 nitrogen and oxygen atoms in total. The first-order valence-electron chi connectivity index (χ1n) is 9.28.